The molecule has 0 unspecified atom stereocenters. The van der Waals surface area contributed by atoms with E-state index in [2.05, 4.69) is 37.3 Å². The van der Waals surface area contributed by atoms with Crippen molar-refractivity contribution in [2.75, 3.05) is 0 Å². The maximum atomic E-state index is 4.20. The molecule has 0 aliphatic carbocycles. The first kappa shape index (κ1) is 10.7. The topological polar surface area (TPSA) is 37.8 Å². The molecule has 15 heavy (non-hydrogen) atoms. The van der Waals surface area contributed by atoms with Crippen molar-refractivity contribution in [3.05, 3.63) is 45.1 Å². The van der Waals surface area contributed by atoms with Gasteiger partial charge in [-0.3, -0.25) is 4.98 Å². The number of rotatable bonds is 4. The van der Waals surface area contributed by atoms with Gasteiger partial charge < -0.3 is 5.32 Å². The molecule has 2 aromatic rings. The lowest BCUT2D eigenvalue weighted by molar-refractivity contribution is 0.680. The number of nitrogens with zero attached hydrogens (tertiary/aromatic N) is 2. The van der Waals surface area contributed by atoms with Crippen LogP contribution in [0.25, 0.3) is 0 Å². The molecule has 2 rings (SSSR count). The first-order valence-corrected chi connectivity index (χ1v) is 6.25. The lowest BCUT2D eigenvalue weighted by Gasteiger charge is -2.02. The summed E-state index contributed by atoms with van der Waals surface area (Å²) in [6, 6.07) is 2.06. The van der Waals surface area contributed by atoms with E-state index in [1.165, 1.54) is 5.56 Å². The van der Waals surface area contributed by atoms with Crippen LogP contribution < -0.4 is 5.32 Å². The molecule has 2 heterocycles. The second-order valence-corrected chi connectivity index (χ2v) is 4.73. The molecule has 0 aliphatic heterocycles. The molecule has 78 valence electrons. The van der Waals surface area contributed by atoms with Crippen molar-refractivity contribution in [1.29, 1.82) is 0 Å². The summed E-state index contributed by atoms with van der Waals surface area (Å²) in [7, 11) is 0. The van der Waals surface area contributed by atoms with Gasteiger partial charge in [0, 0.05) is 35.3 Å². The Morgan fingerprint density at radius 3 is 3.00 bits per heavy atom. The van der Waals surface area contributed by atoms with Gasteiger partial charge in [-0.05, 0) is 27.6 Å². The Labute approximate surface area is 101 Å². The summed E-state index contributed by atoms with van der Waals surface area (Å²) in [6.07, 6.45) is 3.64. The fourth-order valence-electron chi connectivity index (χ4n) is 1.21. The molecule has 0 saturated carbocycles. The Morgan fingerprint density at radius 1 is 1.33 bits per heavy atom. The van der Waals surface area contributed by atoms with Gasteiger partial charge in [-0.2, -0.15) is 0 Å². The van der Waals surface area contributed by atoms with Crippen LogP contribution in [-0.2, 0) is 13.1 Å². The summed E-state index contributed by atoms with van der Waals surface area (Å²) in [5.41, 5.74) is 4.10. The van der Waals surface area contributed by atoms with E-state index in [0.29, 0.717) is 0 Å². The second-order valence-electron chi connectivity index (χ2n) is 3.09. The van der Waals surface area contributed by atoms with Crippen molar-refractivity contribution in [3.8, 4) is 0 Å². The van der Waals surface area contributed by atoms with E-state index < -0.39 is 0 Å². The van der Waals surface area contributed by atoms with E-state index in [1.54, 1.807) is 17.5 Å². The highest BCUT2D eigenvalue weighted by Crippen LogP contribution is 2.09. The quantitative estimate of drug-likeness (QED) is 0.937. The standard InChI is InChI=1S/C10H10BrN3S/c11-9-1-8(2-12-4-9)3-13-5-10-6-15-7-14-10/h1-2,4,6-7,13H,3,5H2. The van der Waals surface area contributed by atoms with Crippen LogP contribution in [0.4, 0.5) is 0 Å². The van der Waals surface area contributed by atoms with Crippen LogP contribution in [0.1, 0.15) is 11.3 Å². The minimum atomic E-state index is 0.802. The van der Waals surface area contributed by atoms with Crippen molar-refractivity contribution in [2.24, 2.45) is 0 Å². The average molecular weight is 284 g/mol. The van der Waals surface area contributed by atoms with Crippen LogP contribution in [0.5, 0.6) is 0 Å². The highest BCUT2D eigenvalue weighted by molar-refractivity contribution is 9.10. The van der Waals surface area contributed by atoms with Gasteiger partial charge in [-0.15, -0.1) is 11.3 Å². The molecule has 0 spiro atoms. The molecule has 3 nitrogen and oxygen atoms in total. The number of aromatic nitrogens is 2. The van der Waals surface area contributed by atoms with Crippen molar-refractivity contribution < 1.29 is 0 Å². The summed E-state index contributed by atoms with van der Waals surface area (Å²) in [5, 5.41) is 5.36. The maximum Gasteiger partial charge on any atom is 0.0795 e. The van der Waals surface area contributed by atoms with Crippen LogP contribution in [0.15, 0.2) is 33.8 Å². The van der Waals surface area contributed by atoms with Crippen molar-refractivity contribution >= 4 is 27.3 Å². The fraction of sp³-hybridized carbons (Fsp3) is 0.200. The van der Waals surface area contributed by atoms with Gasteiger partial charge in [-0.1, -0.05) is 0 Å². The highest BCUT2D eigenvalue weighted by atomic mass is 79.9. The summed E-state index contributed by atoms with van der Waals surface area (Å²) >= 11 is 5.01. The number of nitrogens with one attached hydrogen (secondary N) is 1. The Balaban J connectivity index is 1.83. The van der Waals surface area contributed by atoms with E-state index in [1.807, 2.05) is 17.1 Å². The number of pyridine rings is 1. The third-order valence-electron chi connectivity index (χ3n) is 1.88. The fourth-order valence-corrected chi connectivity index (χ4v) is 2.18. The molecule has 0 aromatic carbocycles. The van der Waals surface area contributed by atoms with Crippen LogP contribution >= 0.6 is 27.3 Å². The summed E-state index contributed by atoms with van der Waals surface area (Å²) < 4.78 is 1.01. The molecule has 1 N–H and O–H groups in total. The number of hydrogen-bond acceptors (Lipinski definition) is 4. The summed E-state index contributed by atoms with van der Waals surface area (Å²) in [6.45, 7) is 1.61. The van der Waals surface area contributed by atoms with E-state index in [9.17, 15) is 0 Å². The molecule has 5 heteroatoms. The van der Waals surface area contributed by atoms with Gasteiger partial charge in [0.15, 0.2) is 0 Å². The van der Waals surface area contributed by atoms with E-state index >= 15 is 0 Å². The Kier molecular flexibility index (Phi) is 3.82. The number of hydrogen-bond donors (Lipinski definition) is 1. The van der Waals surface area contributed by atoms with Crippen LogP contribution in [-0.4, -0.2) is 9.97 Å². The lowest BCUT2D eigenvalue weighted by atomic mass is 10.3. The van der Waals surface area contributed by atoms with E-state index in [0.717, 1.165) is 23.3 Å². The molecular weight excluding hydrogens is 274 g/mol. The highest BCUT2D eigenvalue weighted by Gasteiger charge is 1.96. The van der Waals surface area contributed by atoms with Gasteiger partial charge in [0.1, 0.15) is 0 Å². The number of halogens is 1. The molecule has 0 fully saturated rings. The van der Waals surface area contributed by atoms with Crippen molar-refractivity contribution in [3.63, 3.8) is 0 Å². The molecule has 0 radical (unpaired) electrons. The normalized spacial score (nSPS) is 10.5. The molecule has 0 aliphatic rings. The first-order valence-electron chi connectivity index (χ1n) is 4.52. The molecule has 0 saturated heterocycles. The first-order chi connectivity index (χ1) is 7.34. The zero-order chi connectivity index (χ0) is 10.5. The largest absolute Gasteiger partial charge is 0.307 e. The predicted octanol–water partition coefficient (Wildman–Crippen LogP) is 2.59. The lowest BCUT2D eigenvalue weighted by Crippen LogP contribution is -2.12. The molecule has 0 bridgehead atoms. The minimum absolute atomic E-state index is 0.802. The van der Waals surface area contributed by atoms with Crippen LogP contribution in [0, 0.1) is 0 Å². The third-order valence-corrected chi connectivity index (χ3v) is 2.95. The smallest absolute Gasteiger partial charge is 0.0795 e. The van der Waals surface area contributed by atoms with Crippen molar-refractivity contribution in [2.45, 2.75) is 13.1 Å². The van der Waals surface area contributed by atoms with Gasteiger partial charge in [0.2, 0.25) is 0 Å². The Bertz CT molecular complexity index is 416. The zero-order valence-corrected chi connectivity index (χ0v) is 10.4. The average Bonchev–Trinajstić information content (AvgIpc) is 2.71. The number of thiazole rings is 1. The van der Waals surface area contributed by atoms with Gasteiger partial charge in [0.05, 0.1) is 11.2 Å². The summed E-state index contributed by atoms with van der Waals surface area (Å²) in [4.78, 5) is 8.30. The molecule has 2 aromatic heterocycles. The minimum Gasteiger partial charge on any atom is -0.307 e. The Morgan fingerprint density at radius 2 is 2.27 bits per heavy atom. The monoisotopic (exact) mass is 283 g/mol. The van der Waals surface area contributed by atoms with Crippen molar-refractivity contribution in [1.82, 2.24) is 15.3 Å². The second kappa shape index (κ2) is 5.34. The van der Waals surface area contributed by atoms with Crippen LogP contribution in [0.2, 0.25) is 0 Å². The predicted molar refractivity (Wildman–Crippen MR) is 64.6 cm³/mol. The summed E-state index contributed by atoms with van der Waals surface area (Å²) in [5.74, 6) is 0. The molecule has 0 atom stereocenters. The van der Waals surface area contributed by atoms with Gasteiger partial charge in [0.25, 0.3) is 0 Å². The third kappa shape index (κ3) is 3.37. The molecular formula is C10H10BrN3S. The Hall–Kier alpha value is -0.780. The molecule has 0 amide bonds. The van der Waals surface area contributed by atoms with E-state index in [4.69, 9.17) is 0 Å². The van der Waals surface area contributed by atoms with Crippen LogP contribution in [0.3, 0.4) is 0 Å². The van der Waals surface area contributed by atoms with Gasteiger partial charge in [-0.25, -0.2) is 4.98 Å². The zero-order valence-electron chi connectivity index (χ0n) is 7.98. The van der Waals surface area contributed by atoms with Gasteiger partial charge >= 0.3 is 0 Å². The SMILES string of the molecule is Brc1cncc(CNCc2cscn2)c1. The van der Waals surface area contributed by atoms with E-state index in [-0.39, 0.29) is 0 Å². The maximum absolute atomic E-state index is 4.20.